The number of aliphatic hydroxyl groups is 1. The maximum absolute atomic E-state index is 14.5. The number of rotatable bonds is 9. The van der Waals surface area contributed by atoms with E-state index in [0.717, 1.165) is 11.1 Å². The van der Waals surface area contributed by atoms with Crippen LogP contribution < -0.4 is 14.2 Å². The van der Waals surface area contributed by atoms with Gasteiger partial charge in [0.1, 0.15) is 29.5 Å². The molecule has 0 bridgehead atoms. The van der Waals surface area contributed by atoms with Gasteiger partial charge >= 0.3 is 0 Å². The highest BCUT2D eigenvalue weighted by molar-refractivity contribution is 7.90. The molecule has 0 fully saturated rings. The molecular formula is C30H30FN3O6S. The molecule has 0 saturated carbocycles. The summed E-state index contributed by atoms with van der Waals surface area (Å²) in [5, 5.41) is 9.66. The van der Waals surface area contributed by atoms with Crippen LogP contribution in [-0.2, 0) is 10.0 Å². The Labute approximate surface area is 238 Å². The molecule has 0 saturated heterocycles. The van der Waals surface area contributed by atoms with Crippen LogP contribution in [0.3, 0.4) is 0 Å². The van der Waals surface area contributed by atoms with Crippen LogP contribution >= 0.6 is 0 Å². The fourth-order valence-corrected chi connectivity index (χ4v) is 4.84. The second kappa shape index (κ2) is 11.6. The van der Waals surface area contributed by atoms with Gasteiger partial charge in [0.05, 0.1) is 11.3 Å². The summed E-state index contributed by atoms with van der Waals surface area (Å²) in [6, 6.07) is 16.6. The van der Waals surface area contributed by atoms with Gasteiger partial charge in [-0.1, -0.05) is 24.3 Å². The summed E-state index contributed by atoms with van der Waals surface area (Å²) in [5.74, 6) is -1.18. The van der Waals surface area contributed by atoms with Gasteiger partial charge in [-0.2, -0.15) is 8.42 Å². The number of benzene rings is 2. The first-order valence-corrected chi connectivity index (χ1v) is 14.1. The van der Waals surface area contributed by atoms with Gasteiger partial charge in [0.15, 0.2) is 5.03 Å². The van der Waals surface area contributed by atoms with E-state index in [0.29, 0.717) is 17.0 Å². The van der Waals surface area contributed by atoms with Crippen LogP contribution in [-0.4, -0.2) is 41.6 Å². The van der Waals surface area contributed by atoms with Crippen LogP contribution in [0.2, 0.25) is 0 Å². The first-order valence-electron chi connectivity index (χ1n) is 12.6. The van der Waals surface area contributed by atoms with Crippen molar-refractivity contribution in [2.45, 2.75) is 45.2 Å². The second-order valence-electron chi connectivity index (χ2n) is 10.2. The van der Waals surface area contributed by atoms with Gasteiger partial charge in [0.2, 0.25) is 5.88 Å². The van der Waals surface area contributed by atoms with E-state index < -0.39 is 27.3 Å². The van der Waals surface area contributed by atoms with E-state index in [1.165, 1.54) is 42.5 Å². The number of pyridine rings is 2. The van der Waals surface area contributed by atoms with Crippen LogP contribution in [0, 0.1) is 26.6 Å². The summed E-state index contributed by atoms with van der Waals surface area (Å²) < 4.78 is 54.0. The predicted octanol–water partition coefficient (Wildman–Crippen LogP) is 5.27. The third-order valence-electron chi connectivity index (χ3n) is 5.84. The number of aromatic nitrogens is 2. The number of nitrogens with one attached hydrogen (secondary N) is 1. The molecule has 214 valence electrons. The SMILES string of the molecule is Cc1cccc(S(=O)(=O)NC(=O)c2ccc(-c3cc(F)cc(OCC(C)(C)O)c3)nc2Oc2c(C)cccc2C)n1. The molecule has 9 nitrogen and oxygen atoms in total. The molecule has 2 heterocycles. The minimum atomic E-state index is -4.31. The topological polar surface area (TPSA) is 128 Å². The largest absolute Gasteiger partial charge is 0.490 e. The zero-order chi connectivity index (χ0) is 29.9. The molecule has 11 heteroatoms. The van der Waals surface area contributed by atoms with Crippen LogP contribution in [0.25, 0.3) is 11.3 Å². The number of amides is 1. The number of aryl methyl sites for hydroxylation is 3. The van der Waals surface area contributed by atoms with E-state index in [1.807, 2.05) is 36.8 Å². The minimum Gasteiger partial charge on any atom is -0.490 e. The van der Waals surface area contributed by atoms with Gasteiger partial charge < -0.3 is 14.6 Å². The Balaban J connectivity index is 1.76. The lowest BCUT2D eigenvalue weighted by Crippen LogP contribution is -2.31. The standard InChI is InChI=1S/C30H30FN3O6S/c1-18-8-6-9-19(2)27(18)40-29-24(28(35)34-41(37,38)26-11-7-10-20(3)32-26)12-13-25(33-29)21-14-22(31)16-23(15-21)39-17-30(4,5)36/h6-16,36H,17H2,1-5H3,(H,34,35). The molecule has 4 aromatic rings. The molecule has 4 rings (SSSR count). The Bertz CT molecular complexity index is 1700. The lowest BCUT2D eigenvalue weighted by molar-refractivity contribution is 0.0284. The number of hydrogen-bond acceptors (Lipinski definition) is 8. The third kappa shape index (κ3) is 7.44. The molecule has 0 spiro atoms. The fraction of sp³-hybridized carbons (Fsp3) is 0.233. The van der Waals surface area contributed by atoms with E-state index in [-0.39, 0.29) is 34.5 Å². The highest BCUT2D eigenvalue weighted by Gasteiger charge is 2.25. The molecule has 41 heavy (non-hydrogen) atoms. The summed E-state index contributed by atoms with van der Waals surface area (Å²) in [5.41, 5.74) is 1.22. The highest BCUT2D eigenvalue weighted by atomic mass is 32.2. The monoisotopic (exact) mass is 579 g/mol. The number of carbonyl (C=O) groups excluding carboxylic acids is 1. The average Bonchev–Trinajstić information content (AvgIpc) is 2.88. The summed E-state index contributed by atoms with van der Waals surface area (Å²) >= 11 is 0. The van der Waals surface area contributed by atoms with Crippen molar-refractivity contribution in [1.29, 1.82) is 0 Å². The first kappa shape index (κ1) is 29.6. The zero-order valence-corrected chi connectivity index (χ0v) is 24.0. The molecule has 2 N–H and O–H groups in total. The third-order valence-corrected chi connectivity index (χ3v) is 7.07. The lowest BCUT2D eigenvalue weighted by atomic mass is 10.1. The quantitative estimate of drug-likeness (QED) is 0.275. The number of ether oxygens (including phenoxy) is 2. The Kier molecular flexibility index (Phi) is 8.41. The van der Waals surface area contributed by atoms with E-state index in [4.69, 9.17) is 9.47 Å². The smallest absolute Gasteiger partial charge is 0.281 e. The van der Waals surface area contributed by atoms with Crippen molar-refractivity contribution in [1.82, 2.24) is 14.7 Å². The number of nitrogens with zero attached hydrogens (tertiary/aromatic N) is 2. The van der Waals surface area contributed by atoms with Gasteiger partial charge in [-0.05, 0) is 82.1 Å². The van der Waals surface area contributed by atoms with Crippen molar-refractivity contribution in [3.8, 4) is 28.6 Å². The number of hydrogen-bond donors (Lipinski definition) is 2. The maximum Gasteiger partial charge on any atom is 0.281 e. The number of para-hydroxylation sites is 1. The van der Waals surface area contributed by atoms with Crippen molar-refractivity contribution >= 4 is 15.9 Å². The van der Waals surface area contributed by atoms with Gasteiger partial charge in [-0.3, -0.25) is 4.79 Å². The Morgan fingerprint density at radius 2 is 1.66 bits per heavy atom. The molecule has 0 atom stereocenters. The fourth-order valence-electron chi connectivity index (χ4n) is 3.86. The minimum absolute atomic E-state index is 0.0758. The van der Waals surface area contributed by atoms with Gasteiger partial charge in [-0.15, -0.1) is 0 Å². The summed E-state index contributed by atoms with van der Waals surface area (Å²) in [7, 11) is -4.31. The molecular weight excluding hydrogens is 549 g/mol. The molecule has 2 aromatic carbocycles. The summed E-state index contributed by atoms with van der Waals surface area (Å²) in [6.45, 7) is 8.31. The number of sulfonamides is 1. The molecule has 0 unspecified atom stereocenters. The van der Waals surface area contributed by atoms with Crippen molar-refractivity contribution in [3.05, 3.63) is 94.9 Å². The van der Waals surface area contributed by atoms with Crippen LogP contribution in [0.4, 0.5) is 4.39 Å². The summed E-state index contributed by atoms with van der Waals surface area (Å²) in [4.78, 5) is 21.8. The van der Waals surface area contributed by atoms with E-state index in [9.17, 15) is 22.7 Å². The van der Waals surface area contributed by atoms with E-state index in [2.05, 4.69) is 9.97 Å². The van der Waals surface area contributed by atoms with Crippen molar-refractivity contribution in [2.24, 2.45) is 0 Å². The zero-order valence-electron chi connectivity index (χ0n) is 23.2. The van der Waals surface area contributed by atoms with Crippen LogP contribution in [0.15, 0.2) is 71.8 Å². The number of halogens is 1. The van der Waals surface area contributed by atoms with Crippen molar-refractivity contribution in [2.75, 3.05) is 6.61 Å². The van der Waals surface area contributed by atoms with Gasteiger partial charge in [0.25, 0.3) is 15.9 Å². The molecule has 0 aliphatic rings. The van der Waals surface area contributed by atoms with Gasteiger partial charge in [0, 0.05) is 17.3 Å². The second-order valence-corrected chi connectivity index (χ2v) is 11.8. The van der Waals surface area contributed by atoms with E-state index >= 15 is 0 Å². The molecule has 0 aliphatic heterocycles. The Morgan fingerprint density at radius 3 is 2.32 bits per heavy atom. The van der Waals surface area contributed by atoms with E-state index in [1.54, 1.807) is 26.8 Å². The van der Waals surface area contributed by atoms with Crippen molar-refractivity contribution < 1.29 is 32.2 Å². The lowest BCUT2D eigenvalue weighted by Gasteiger charge is -2.18. The highest BCUT2D eigenvalue weighted by Crippen LogP contribution is 2.33. The Hall–Kier alpha value is -4.35. The molecule has 0 radical (unpaired) electrons. The van der Waals surface area contributed by atoms with Gasteiger partial charge in [-0.25, -0.2) is 19.1 Å². The van der Waals surface area contributed by atoms with Crippen molar-refractivity contribution in [3.63, 3.8) is 0 Å². The first-order chi connectivity index (χ1) is 19.2. The van der Waals surface area contributed by atoms with Crippen LogP contribution in [0.1, 0.15) is 41.0 Å². The molecule has 1 amide bonds. The number of carbonyl (C=O) groups is 1. The molecule has 0 aliphatic carbocycles. The maximum atomic E-state index is 14.5. The summed E-state index contributed by atoms with van der Waals surface area (Å²) in [6.07, 6.45) is 0. The molecule has 2 aromatic heterocycles. The average molecular weight is 580 g/mol. The van der Waals surface area contributed by atoms with Crippen LogP contribution in [0.5, 0.6) is 17.4 Å². The predicted molar refractivity (Wildman–Crippen MR) is 151 cm³/mol. The Morgan fingerprint density at radius 1 is 0.976 bits per heavy atom. The normalized spacial score (nSPS) is 11.7.